The molecule has 4 nitrogen and oxygen atoms in total. The molecule has 0 saturated heterocycles. The average Bonchev–Trinajstić information content (AvgIpc) is 2.91. The van der Waals surface area contributed by atoms with E-state index in [4.69, 9.17) is 0 Å². The maximum atomic E-state index is 12.8. The maximum absolute atomic E-state index is 12.8. The molecule has 0 atom stereocenters. The lowest BCUT2D eigenvalue weighted by Gasteiger charge is -2.10. The van der Waals surface area contributed by atoms with Crippen LogP contribution >= 0.6 is 11.8 Å². The normalized spacial score (nSPS) is 10.7. The molecule has 1 amide bonds. The fraction of sp³-hybridized carbons (Fsp3) is 0.200. The Morgan fingerprint density at radius 1 is 1.08 bits per heavy atom. The third-order valence-electron chi connectivity index (χ3n) is 4.22. The van der Waals surface area contributed by atoms with Gasteiger partial charge in [-0.05, 0) is 56.9 Å². The molecule has 3 aromatic rings. The number of para-hydroxylation sites is 1. The van der Waals surface area contributed by atoms with Crippen molar-refractivity contribution in [1.29, 1.82) is 0 Å². The summed E-state index contributed by atoms with van der Waals surface area (Å²) in [4.78, 5) is 13.9. The average molecular weight is 351 g/mol. The second kappa shape index (κ2) is 7.15. The molecule has 2 aromatic carbocycles. The number of nitrogens with zero attached hydrogens (tertiary/aromatic N) is 2. The molecule has 128 valence electrons. The number of aromatic nitrogens is 2. The Labute approximate surface area is 152 Å². The number of hydrogen-bond donors (Lipinski definition) is 1. The molecule has 3 rings (SSSR count). The minimum absolute atomic E-state index is 0.104. The number of carbonyl (C=O) groups excluding carboxylic acids is 1. The van der Waals surface area contributed by atoms with E-state index < -0.39 is 0 Å². The van der Waals surface area contributed by atoms with Gasteiger partial charge in [-0.25, -0.2) is 4.68 Å². The van der Waals surface area contributed by atoms with Crippen LogP contribution in [0.4, 0.5) is 5.69 Å². The Bertz CT molecular complexity index is 916. The van der Waals surface area contributed by atoms with Crippen LogP contribution in [0.25, 0.3) is 5.69 Å². The number of rotatable bonds is 4. The quantitative estimate of drug-likeness (QED) is 0.689. The van der Waals surface area contributed by atoms with Gasteiger partial charge in [-0.1, -0.05) is 24.3 Å². The lowest BCUT2D eigenvalue weighted by atomic mass is 10.1. The van der Waals surface area contributed by atoms with Gasteiger partial charge in [0.05, 0.1) is 22.8 Å². The molecule has 0 radical (unpaired) electrons. The van der Waals surface area contributed by atoms with Crippen molar-refractivity contribution in [3.63, 3.8) is 0 Å². The first-order chi connectivity index (χ1) is 12.0. The van der Waals surface area contributed by atoms with E-state index in [1.54, 1.807) is 11.8 Å². The Hall–Kier alpha value is -2.53. The molecular weight excluding hydrogens is 330 g/mol. The van der Waals surface area contributed by atoms with E-state index in [9.17, 15) is 4.79 Å². The van der Waals surface area contributed by atoms with Crippen LogP contribution in [0, 0.1) is 20.8 Å². The van der Waals surface area contributed by atoms with Crippen molar-refractivity contribution in [2.45, 2.75) is 25.7 Å². The number of thioether (sulfide) groups is 1. The predicted molar refractivity (Wildman–Crippen MR) is 104 cm³/mol. The van der Waals surface area contributed by atoms with E-state index in [2.05, 4.69) is 10.4 Å². The molecule has 0 aliphatic heterocycles. The minimum Gasteiger partial charge on any atom is -0.319 e. The predicted octanol–water partition coefficient (Wildman–Crippen LogP) is 4.77. The molecule has 5 heteroatoms. The summed E-state index contributed by atoms with van der Waals surface area (Å²) in [5.74, 6) is -0.104. The van der Waals surface area contributed by atoms with Gasteiger partial charge in [0.15, 0.2) is 0 Å². The van der Waals surface area contributed by atoms with Gasteiger partial charge < -0.3 is 5.32 Å². The van der Waals surface area contributed by atoms with Crippen LogP contribution in [-0.2, 0) is 0 Å². The Morgan fingerprint density at radius 2 is 1.80 bits per heavy atom. The van der Waals surface area contributed by atoms with Crippen molar-refractivity contribution in [3.05, 3.63) is 71.0 Å². The third-order valence-corrected chi connectivity index (χ3v) is 4.95. The fourth-order valence-corrected chi connectivity index (χ4v) is 3.24. The van der Waals surface area contributed by atoms with Crippen molar-refractivity contribution >= 4 is 23.4 Å². The van der Waals surface area contributed by atoms with Gasteiger partial charge in [0.1, 0.15) is 0 Å². The van der Waals surface area contributed by atoms with E-state index in [-0.39, 0.29) is 5.91 Å². The van der Waals surface area contributed by atoms with Crippen LogP contribution < -0.4 is 5.32 Å². The van der Waals surface area contributed by atoms with Crippen molar-refractivity contribution in [2.75, 3.05) is 11.6 Å². The molecule has 0 spiro atoms. The van der Waals surface area contributed by atoms with E-state index in [1.165, 1.54) is 0 Å². The molecule has 0 aliphatic carbocycles. The van der Waals surface area contributed by atoms with Crippen LogP contribution in [0.2, 0.25) is 0 Å². The SMILES string of the molecule is CSc1ccc(C)c(C(=O)Nc2c(C)nn(-c3ccccc3)c2C)c1. The topological polar surface area (TPSA) is 46.9 Å². The first kappa shape index (κ1) is 17.3. The summed E-state index contributed by atoms with van der Waals surface area (Å²) in [5.41, 5.74) is 5.11. The second-order valence-corrected chi connectivity index (χ2v) is 6.81. The number of hydrogen-bond acceptors (Lipinski definition) is 3. The van der Waals surface area contributed by atoms with Crippen LogP contribution in [0.3, 0.4) is 0 Å². The largest absolute Gasteiger partial charge is 0.319 e. The highest BCUT2D eigenvalue weighted by Crippen LogP contribution is 2.25. The van der Waals surface area contributed by atoms with Gasteiger partial charge in [-0.15, -0.1) is 11.8 Å². The van der Waals surface area contributed by atoms with Crippen LogP contribution in [0.15, 0.2) is 53.4 Å². The standard InChI is InChI=1S/C20H21N3OS/c1-13-10-11-17(25-4)12-18(13)20(24)21-19-14(2)22-23(15(19)3)16-8-6-5-7-9-16/h5-12H,1-4H3,(H,21,24). The van der Waals surface area contributed by atoms with Crippen molar-refractivity contribution < 1.29 is 4.79 Å². The van der Waals surface area contributed by atoms with Gasteiger partial charge in [0, 0.05) is 10.5 Å². The number of carbonyl (C=O) groups is 1. The number of anilines is 1. The smallest absolute Gasteiger partial charge is 0.256 e. The summed E-state index contributed by atoms with van der Waals surface area (Å²) in [6.45, 7) is 5.83. The highest BCUT2D eigenvalue weighted by atomic mass is 32.2. The third kappa shape index (κ3) is 3.46. The summed E-state index contributed by atoms with van der Waals surface area (Å²) in [7, 11) is 0. The van der Waals surface area contributed by atoms with Gasteiger partial charge in [0.2, 0.25) is 0 Å². The minimum atomic E-state index is -0.104. The summed E-state index contributed by atoms with van der Waals surface area (Å²) in [6, 6.07) is 15.9. The van der Waals surface area contributed by atoms with E-state index in [0.29, 0.717) is 5.56 Å². The van der Waals surface area contributed by atoms with E-state index >= 15 is 0 Å². The fourth-order valence-electron chi connectivity index (χ4n) is 2.80. The summed E-state index contributed by atoms with van der Waals surface area (Å²) in [5, 5.41) is 7.63. The first-order valence-electron chi connectivity index (χ1n) is 8.09. The van der Waals surface area contributed by atoms with E-state index in [0.717, 1.165) is 33.2 Å². The molecule has 0 bridgehead atoms. The van der Waals surface area contributed by atoms with Gasteiger partial charge in [-0.2, -0.15) is 5.10 Å². The molecule has 0 fully saturated rings. The summed E-state index contributed by atoms with van der Waals surface area (Å²) >= 11 is 1.63. The van der Waals surface area contributed by atoms with Gasteiger partial charge in [-0.3, -0.25) is 4.79 Å². The zero-order chi connectivity index (χ0) is 18.0. The molecule has 1 heterocycles. The Balaban J connectivity index is 1.94. The molecule has 1 N–H and O–H groups in total. The first-order valence-corrected chi connectivity index (χ1v) is 9.31. The zero-order valence-electron chi connectivity index (χ0n) is 14.8. The Kier molecular flexibility index (Phi) is 4.95. The summed E-state index contributed by atoms with van der Waals surface area (Å²) < 4.78 is 1.86. The number of amides is 1. The van der Waals surface area contributed by atoms with Crippen LogP contribution in [-0.4, -0.2) is 21.9 Å². The van der Waals surface area contributed by atoms with Crippen LogP contribution in [0.5, 0.6) is 0 Å². The monoisotopic (exact) mass is 351 g/mol. The molecule has 25 heavy (non-hydrogen) atoms. The van der Waals surface area contributed by atoms with Crippen molar-refractivity contribution in [3.8, 4) is 5.69 Å². The molecule has 1 aromatic heterocycles. The van der Waals surface area contributed by atoms with Gasteiger partial charge in [0.25, 0.3) is 5.91 Å². The molecule has 0 unspecified atom stereocenters. The summed E-state index contributed by atoms with van der Waals surface area (Å²) in [6.07, 6.45) is 2.00. The number of benzene rings is 2. The lowest BCUT2D eigenvalue weighted by molar-refractivity contribution is 0.102. The second-order valence-electron chi connectivity index (χ2n) is 5.93. The van der Waals surface area contributed by atoms with Crippen molar-refractivity contribution in [2.24, 2.45) is 0 Å². The molecule has 0 saturated carbocycles. The highest BCUT2D eigenvalue weighted by Gasteiger charge is 2.17. The highest BCUT2D eigenvalue weighted by molar-refractivity contribution is 7.98. The number of aryl methyl sites for hydroxylation is 2. The lowest BCUT2D eigenvalue weighted by Crippen LogP contribution is -2.14. The molecule has 0 aliphatic rings. The van der Waals surface area contributed by atoms with Crippen molar-refractivity contribution in [1.82, 2.24) is 9.78 Å². The van der Waals surface area contributed by atoms with E-state index in [1.807, 2.05) is 80.2 Å². The zero-order valence-corrected chi connectivity index (χ0v) is 15.6. The maximum Gasteiger partial charge on any atom is 0.256 e. The van der Waals surface area contributed by atoms with Crippen LogP contribution in [0.1, 0.15) is 27.3 Å². The number of nitrogens with one attached hydrogen (secondary N) is 1. The van der Waals surface area contributed by atoms with Gasteiger partial charge >= 0.3 is 0 Å². The Morgan fingerprint density at radius 3 is 2.48 bits per heavy atom. The molecular formula is C20H21N3OS.